The van der Waals surface area contributed by atoms with Crippen molar-refractivity contribution < 1.29 is 0 Å². The summed E-state index contributed by atoms with van der Waals surface area (Å²) in [5, 5.41) is 13.0. The van der Waals surface area contributed by atoms with Crippen LogP contribution in [0.5, 0.6) is 0 Å². The van der Waals surface area contributed by atoms with Crippen molar-refractivity contribution >= 4 is 74.6 Å². The maximum absolute atomic E-state index is 2.52. The van der Waals surface area contributed by atoms with Gasteiger partial charge >= 0.3 is 0 Å². The Labute approximate surface area is 329 Å². The van der Waals surface area contributed by atoms with E-state index in [4.69, 9.17) is 0 Å². The van der Waals surface area contributed by atoms with Crippen LogP contribution in [0, 0.1) is 0 Å². The largest absolute Gasteiger partial charge is 0.135 e. The first-order valence-electron chi connectivity index (χ1n) is 19.6. The van der Waals surface area contributed by atoms with Crippen LogP contribution in [0.4, 0.5) is 0 Å². The lowest BCUT2D eigenvalue weighted by molar-refractivity contribution is 0.661. The number of hydrogen-bond acceptors (Lipinski definition) is 1. The Morgan fingerprint density at radius 2 is 0.893 bits per heavy atom. The van der Waals surface area contributed by atoms with Crippen molar-refractivity contribution in [3.05, 3.63) is 193 Å². The molecule has 0 spiro atoms. The topological polar surface area (TPSA) is 0 Å². The van der Waals surface area contributed by atoms with Crippen molar-refractivity contribution in [2.75, 3.05) is 0 Å². The maximum Gasteiger partial charge on any atom is 0.0434 e. The summed E-state index contributed by atoms with van der Waals surface area (Å²) < 4.78 is 2.74. The minimum Gasteiger partial charge on any atom is -0.135 e. The molecule has 56 heavy (non-hydrogen) atoms. The van der Waals surface area contributed by atoms with Crippen molar-refractivity contribution in [2.45, 2.75) is 19.3 Å². The van der Waals surface area contributed by atoms with E-state index in [1.54, 1.807) is 0 Å². The zero-order valence-corrected chi connectivity index (χ0v) is 32.0. The van der Waals surface area contributed by atoms with E-state index in [9.17, 15) is 0 Å². The Morgan fingerprint density at radius 3 is 1.59 bits per heavy atom. The predicted molar refractivity (Wildman–Crippen MR) is 243 cm³/mol. The molecule has 0 amide bonds. The van der Waals surface area contributed by atoms with Gasteiger partial charge in [0.15, 0.2) is 0 Å². The Kier molecular flexibility index (Phi) is 6.66. The third-order valence-electron chi connectivity index (χ3n) is 12.6. The third-order valence-corrected chi connectivity index (χ3v) is 13.8. The van der Waals surface area contributed by atoms with Gasteiger partial charge in [-0.1, -0.05) is 172 Å². The molecule has 262 valence electrons. The monoisotopic (exact) mass is 728 g/mol. The molecule has 1 heteroatoms. The standard InChI is InChI=1S/C55H36S/c1-55(2)47-27-25-39(32-46(47)52-48(55)28-29-49-53(52)45-26-24-34-14-6-7-15-40(34)54(45)56-49)51-43-18-10-8-16-41(43)50(42-17-9-11-19-44(42)51)38-23-22-36-30-35(20-21-37(36)31-38)33-12-4-3-5-13-33/h3-32H,1-2H3. The Balaban J connectivity index is 1.08. The lowest BCUT2D eigenvalue weighted by Gasteiger charge is -2.22. The van der Waals surface area contributed by atoms with Gasteiger partial charge in [-0.15, -0.1) is 11.3 Å². The predicted octanol–water partition coefficient (Wildman–Crippen LogP) is 16.0. The van der Waals surface area contributed by atoms with Crippen LogP contribution in [0.2, 0.25) is 0 Å². The van der Waals surface area contributed by atoms with Crippen molar-refractivity contribution in [3.8, 4) is 44.5 Å². The fraction of sp³-hybridized carbons (Fsp3) is 0.0545. The van der Waals surface area contributed by atoms with E-state index in [2.05, 4.69) is 196 Å². The SMILES string of the molecule is CC1(C)c2ccc(-c3c4ccccc4c(-c4ccc5cc(-c6ccccc6)ccc5c4)c4ccccc34)cc2-c2c1ccc1sc3c4ccccc4ccc3c21. The van der Waals surface area contributed by atoms with Gasteiger partial charge in [-0.05, 0) is 123 Å². The Hall–Kier alpha value is -6.54. The van der Waals surface area contributed by atoms with Gasteiger partial charge in [0, 0.05) is 25.6 Å². The van der Waals surface area contributed by atoms with Crippen molar-refractivity contribution in [1.82, 2.24) is 0 Å². The first-order chi connectivity index (χ1) is 27.5. The average Bonchev–Trinajstić information content (AvgIpc) is 3.74. The van der Waals surface area contributed by atoms with Crippen LogP contribution >= 0.6 is 11.3 Å². The Bertz CT molecular complexity index is 3380. The highest BCUT2D eigenvalue weighted by Gasteiger charge is 2.37. The summed E-state index contributed by atoms with van der Waals surface area (Å²) >= 11 is 1.94. The lowest BCUT2D eigenvalue weighted by Crippen LogP contribution is -2.14. The molecule has 0 aliphatic heterocycles. The normalized spacial score (nSPS) is 13.3. The van der Waals surface area contributed by atoms with Crippen LogP contribution in [-0.2, 0) is 5.41 Å². The van der Waals surface area contributed by atoms with E-state index in [0.29, 0.717) is 0 Å². The molecule has 1 heterocycles. The Morgan fingerprint density at radius 1 is 0.357 bits per heavy atom. The molecule has 12 rings (SSSR count). The summed E-state index contributed by atoms with van der Waals surface area (Å²) in [6.45, 7) is 4.80. The molecule has 1 aromatic heterocycles. The van der Waals surface area contributed by atoms with Crippen molar-refractivity contribution in [1.29, 1.82) is 0 Å². The smallest absolute Gasteiger partial charge is 0.0434 e. The van der Waals surface area contributed by atoms with Gasteiger partial charge in [-0.2, -0.15) is 0 Å². The van der Waals surface area contributed by atoms with Crippen LogP contribution in [0.25, 0.3) is 108 Å². The molecule has 0 unspecified atom stereocenters. The van der Waals surface area contributed by atoms with E-state index in [1.165, 1.54) is 119 Å². The lowest BCUT2D eigenvalue weighted by atomic mass is 9.81. The molecule has 11 aromatic rings. The molecule has 10 aromatic carbocycles. The summed E-state index contributed by atoms with van der Waals surface area (Å²) in [5.41, 5.74) is 13.1. The first-order valence-corrected chi connectivity index (χ1v) is 20.4. The number of rotatable bonds is 3. The zero-order chi connectivity index (χ0) is 37.1. The molecular weight excluding hydrogens is 693 g/mol. The van der Waals surface area contributed by atoms with Gasteiger partial charge in [0.1, 0.15) is 0 Å². The second-order valence-electron chi connectivity index (χ2n) is 16.0. The fourth-order valence-corrected chi connectivity index (χ4v) is 11.2. The fourth-order valence-electron chi connectivity index (χ4n) is 9.95. The summed E-state index contributed by atoms with van der Waals surface area (Å²) in [4.78, 5) is 0. The third kappa shape index (κ3) is 4.47. The van der Waals surface area contributed by atoms with Gasteiger partial charge in [0.05, 0.1) is 0 Å². The van der Waals surface area contributed by atoms with Gasteiger partial charge in [0.2, 0.25) is 0 Å². The average molecular weight is 729 g/mol. The quantitative estimate of drug-likeness (QED) is 0.159. The molecule has 0 bridgehead atoms. The molecule has 0 nitrogen and oxygen atoms in total. The molecule has 0 N–H and O–H groups in total. The molecule has 0 saturated heterocycles. The molecular formula is C55H36S. The molecule has 1 aliphatic rings. The number of benzene rings is 10. The van der Waals surface area contributed by atoms with E-state index >= 15 is 0 Å². The van der Waals surface area contributed by atoms with Gasteiger partial charge in [-0.3, -0.25) is 0 Å². The first kappa shape index (κ1) is 31.8. The second-order valence-corrected chi connectivity index (χ2v) is 17.0. The van der Waals surface area contributed by atoms with Crippen LogP contribution in [0.1, 0.15) is 25.0 Å². The van der Waals surface area contributed by atoms with E-state index < -0.39 is 0 Å². The van der Waals surface area contributed by atoms with E-state index in [-0.39, 0.29) is 5.41 Å². The summed E-state index contributed by atoms with van der Waals surface area (Å²) in [7, 11) is 0. The number of fused-ring (bicyclic) bond motifs is 12. The van der Waals surface area contributed by atoms with Crippen molar-refractivity contribution in [2.24, 2.45) is 0 Å². The molecule has 0 atom stereocenters. The van der Waals surface area contributed by atoms with Gasteiger partial charge in [-0.25, -0.2) is 0 Å². The van der Waals surface area contributed by atoms with Crippen molar-refractivity contribution in [3.63, 3.8) is 0 Å². The summed E-state index contributed by atoms with van der Waals surface area (Å²) in [5.74, 6) is 0. The highest BCUT2D eigenvalue weighted by atomic mass is 32.1. The molecule has 1 aliphatic carbocycles. The highest BCUT2D eigenvalue weighted by Crippen LogP contribution is 2.56. The zero-order valence-electron chi connectivity index (χ0n) is 31.2. The van der Waals surface area contributed by atoms with Crippen LogP contribution < -0.4 is 0 Å². The van der Waals surface area contributed by atoms with Gasteiger partial charge < -0.3 is 0 Å². The summed E-state index contributed by atoms with van der Waals surface area (Å²) in [6.07, 6.45) is 0. The summed E-state index contributed by atoms with van der Waals surface area (Å²) in [6, 6.07) is 68.2. The second kappa shape index (κ2) is 11.7. The molecule has 0 radical (unpaired) electrons. The number of thiophene rings is 1. The minimum absolute atomic E-state index is 0.103. The van der Waals surface area contributed by atoms with Crippen LogP contribution in [0.15, 0.2) is 182 Å². The minimum atomic E-state index is -0.103. The van der Waals surface area contributed by atoms with E-state index in [1.807, 2.05) is 11.3 Å². The number of hydrogen-bond donors (Lipinski definition) is 0. The molecule has 0 saturated carbocycles. The maximum atomic E-state index is 2.52. The van der Waals surface area contributed by atoms with Crippen LogP contribution in [0.3, 0.4) is 0 Å². The highest BCUT2D eigenvalue weighted by molar-refractivity contribution is 7.26. The molecule has 0 fully saturated rings. The van der Waals surface area contributed by atoms with Crippen LogP contribution in [-0.4, -0.2) is 0 Å². The van der Waals surface area contributed by atoms with E-state index in [0.717, 1.165) is 0 Å². The van der Waals surface area contributed by atoms with Gasteiger partial charge in [0.25, 0.3) is 0 Å².